The van der Waals surface area contributed by atoms with Gasteiger partial charge >= 0.3 is 6.03 Å². The molecule has 124 valence electrons. The third-order valence-electron chi connectivity index (χ3n) is 3.09. The number of nitrogens with one attached hydrogen (secondary N) is 1. The number of urea groups is 1. The topological polar surface area (TPSA) is 61.8 Å². The molecule has 0 bridgehead atoms. The molecule has 5 heteroatoms. The van der Waals surface area contributed by atoms with Gasteiger partial charge in [-0.25, -0.2) is 4.79 Å². The smallest absolute Gasteiger partial charge is 0.322 e. The van der Waals surface area contributed by atoms with Crippen molar-refractivity contribution in [3.63, 3.8) is 0 Å². The number of ether oxygens (including phenoxy) is 1. The molecule has 0 unspecified atom stereocenters. The maximum absolute atomic E-state index is 12.4. The van der Waals surface area contributed by atoms with E-state index >= 15 is 0 Å². The van der Waals surface area contributed by atoms with E-state index < -0.39 is 5.60 Å². The van der Waals surface area contributed by atoms with Crippen LogP contribution in [0.2, 0.25) is 0 Å². The van der Waals surface area contributed by atoms with E-state index in [-0.39, 0.29) is 12.6 Å². The zero-order valence-electron chi connectivity index (χ0n) is 14.3. The van der Waals surface area contributed by atoms with Crippen LogP contribution >= 0.6 is 0 Å². The van der Waals surface area contributed by atoms with Crippen LogP contribution in [0.4, 0.5) is 10.5 Å². The van der Waals surface area contributed by atoms with E-state index in [9.17, 15) is 9.90 Å². The van der Waals surface area contributed by atoms with Crippen LogP contribution in [0.15, 0.2) is 18.2 Å². The highest BCUT2D eigenvalue weighted by atomic mass is 16.5. The van der Waals surface area contributed by atoms with Crippen molar-refractivity contribution in [3.8, 4) is 5.75 Å². The van der Waals surface area contributed by atoms with Gasteiger partial charge in [0.25, 0.3) is 0 Å². The standard InChI is InChI=1S/C17H28N2O3/c1-6-10-22-15-11-13(3)8-9-14(15)18-16(20)19(7-2)12-17(4,5)21/h8-9,11,21H,6-7,10,12H2,1-5H3,(H,18,20). The molecule has 1 rings (SSSR count). The molecule has 2 amide bonds. The summed E-state index contributed by atoms with van der Waals surface area (Å²) in [5.41, 5.74) is 0.800. The van der Waals surface area contributed by atoms with Crippen LogP contribution in [0.5, 0.6) is 5.75 Å². The van der Waals surface area contributed by atoms with Crippen LogP contribution in [0.3, 0.4) is 0 Å². The number of anilines is 1. The number of rotatable bonds is 7. The number of aliphatic hydroxyl groups is 1. The van der Waals surface area contributed by atoms with Gasteiger partial charge in [0.05, 0.1) is 24.4 Å². The number of carbonyl (C=O) groups is 1. The van der Waals surface area contributed by atoms with Gasteiger partial charge in [0.1, 0.15) is 5.75 Å². The Bertz CT molecular complexity index is 495. The van der Waals surface area contributed by atoms with E-state index in [0.29, 0.717) is 24.6 Å². The fraction of sp³-hybridized carbons (Fsp3) is 0.588. The second-order valence-electron chi connectivity index (χ2n) is 6.10. The van der Waals surface area contributed by atoms with Crippen LogP contribution in [0, 0.1) is 6.92 Å². The van der Waals surface area contributed by atoms with Crippen molar-refractivity contribution in [1.82, 2.24) is 4.90 Å². The fourth-order valence-electron chi connectivity index (χ4n) is 2.05. The molecule has 0 aliphatic carbocycles. The zero-order valence-corrected chi connectivity index (χ0v) is 14.3. The van der Waals surface area contributed by atoms with Gasteiger partial charge in [-0.3, -0.25) is 0 Å². The lowest BCUT2D eigenvalue weighted by molar-refractivity contribution is 0.0501. The number of amides is 2. The SMILES string of the molecule is CCCOc1cc(C)ccc1NC(=O)N(CC)CC(C)(C)O. The van der Waals surface area contributed by atoms with Gasteiger partial charge in [0.2, 0.25) is 0 Å². The molecule has 2 N–H and O–H groups in total. The van der Waals surface area contributed by atoms with Crippen LogP contribution in [0.25, 0.3) is 0 Å². The molecule has 0 fully saturated rings. The molecule has 1 aromatic carbocycles. The third-order valence-corrected chi connectivity index (χ3v) is 3.09. The lowest BCUT2D eigenvalue weighted by atomic mass is 10.1. The first-order chi connectivity index (χ1) is 10.3. The van der Waals surface area contributed by atoms with Gasteiger partial charge in [-0.15, -0.1) is 0 Å². The van der Waals surface area contributed by atoms with E-state index in [1.54, 1.807) is 18.7 Å². The second kappa shape index (κ2) is 8.03. The monoisotopic (exact) mass is 308 g/mol. The molecule has 0 radical (unpaired) electrons. The normalized spacial score (nSPS) is 11.2. The Morgan fingerprint density at radius 2 is 2.05 bits per heavy atom. The molecule has 0 saturated heterocycles. The summed E-state index contributed by atoms with van der Waals surface area (Å²) in [6, 6.07) is 5.45. The molecular formula is C17H28N2O3. The third kappa shape index (κ3) is 5.93. The van der Waals surface area contributed by atoms with Crippen molar-refractivity contribution in [1.29, 1.82) is 0 Å². The average molecular weight is 308 g/mol. The first-order valence-corrected chi connectivity index (χ1v) is 7.78. The summed E-state index contributed by atoms with van der Waals surface area (Å²) >= 11 is 0. The summed E-state index contributed by atoms with van der Waals surface area (Å²) in [5, 5.41) is 12.8. The van der Waals surface area contributed by atoms with Gasteiger partial charge in [-0.1, -0.05) is 13.0 Å². The Balaban J connectivity index is 2.85. The van der Waals surface area contributed by atoms with Gasteiger partial charge in [0.15, 0.2) is 0 Å². The highest BCUT2D eigenvalue weighted by Gasteiger charge is 2.22. The predicted molar refractivity (Wildman–Crippen MR) is 89.5 cm³/mol. The molecule has 1 aromatic rings. The van der Waals surface area contributed by atoms with Crippen molar-refractivity contribution in [2.45, 2.75) is 46.6 Å². The molecule has 5 nitrogen and oxygen atoms in total. The Morgan fingerprint density at radius 1 is 1.36 bits per heavy atom. The first kappa shape index (κ1) is 18.3. The maximum atomic E-state index is 12.4. The molecular weight excluding hydrogens is 280 g/mol. The Kier molecular flexibility index (Phi) is 6.68. The van der Waals surface area contributed by atoms with E-state index in [4.69, 9.17) is 4.74 Å². The fourth-order valence-corrected chi connectivity index (χ4v) is 2.05. The van der Waals surface area contributed by atoms with Crippen LogP contribution in [-0.4, -0.2) is 41.3 Å². The van der Waals surface area contributed by atoms with Gasteiger partial charge < -0.3 is 20.1 Å². The summed E-state index contributed by atoms with van der Waals surface area (Å²) in [4.78, 5) is 14.0. The molecule has 0 spiro atoms. The summed E-state index contributed by atoms with van der Waals surface area (Å²) < 4.78 is 5.70. The number of nitrogens with zero attached hydrogens (tertiary/aromatic N) is 1. The minimum Gasteiger partial charge on any atom is -0.491 e. The molecule has 0 heterocycles. The largest absolute Gasteiger partial charge is 0.491 e. The second-order valence-corrected chi connectivity index (χ2v) is 6.10. The van der Waals surface area contributed by atoms with Crippen molar-refractivity contribution in [2.24, 2.45) is 0 Å². The van der Waals surface area contributed by atoms with Crippen LogP contribution < -0.4 is 10.1 Å². The summed E-state index contributed by atoms with van der Waals surface area (Å²) in [6.45, 7) is 10.7. The average Bonchev–Trinajstić information content (AvgIpc) is 2.43. The number of hydrogen-bond donors (Lipinski definition) is 2. The van der Waals surface area contributed by atoms with E-state index in [0.717, 1.165) is 12.0 Å². The Labute approximate surface area is 133 Å². The van der Waals surface area contributed by atoms with Crippen molar-refractivity contribution >= 4 is 11.7 Å². The summed E-state index contributed by atoms with van der Waals surface area (Å²) in [6.07, 6.45) is 0.904. The van der Waals surface area contributed by atoms with Crippen molar-refractivity contribution in [2.75, 3.05) is 25.0 Å². The number of hydrogen-bond acceptors (Lipinski definition) is 3. The Morgan fingerprint density at radius 3 is 2.59 bits per heavy atom. The minimum absolute atomic E-state index is 0.241. The first-order valence-electron chi connectivity index (χ1n) is 7.78. The van der Waals surface area contributed by atoms with Crippen molar-refractivity contribution < 1.29 is 14.6 Å². The van der Waals surface area contributed by atoms with Crippen molar-refractivity contribution in [3.05, 3.63) is 23.8 Å². The van der Waals surface area contributed by atoms with E-state index in [1.165, 1.54) is 0 Å². The van der Waals surface area contributed by atoms with Crippen LogP contribution in [0.1, 0.15) is 39.7 Å². The molecule has 0 atom stereocenters. The van der Waals surface area contributed by atoms with Gasteiger partial charge in [-0.05, 0) is 51.8 Å². The molecule has 0 saturated carbocycles. The molecule has 0 aliphatic rings. The van der Waals surface area contributed by atoms with Crippen LogP contribution in [-0.2, 0) is 0 Å². The summed E-state index contributed by atoms with van der Waals surface area (Å²) in [7, 11) is 0. The molecule has 22 heavy (non-hydrogen) atoms. The zero-order chi connectivity index (χ0) is 16.8. The minimum atomic E-state index is -0.928. The Hall–Kier alpha value is -1.75. The number of carbonyl (C=O) groups excluding carboxylic acids is 1. The summed E-state index contributed by atoms with van der Waals surface area (Å²) in [5.74, 6) is 0.675. The molecule has 0 aromatic heterocycles. The van der Waals surface area contributed by atoms with Gasteiger partial charge in [0, 0.05) is 6.54 Å². The van der Waals surface area contributed by atoms with Gasteiger partial charge in [-0.2, -0.15) is 0 Å². The maximum Gasteiger partial charge on any atom is 0.322 e. The number of likely N-dealkylation sites (N-methyl/N-ethyl adjacent to an activating group) is 1. The lowest BCUT2D eigenvalue weighted by Crippen LogP contribution is -2.44. The number of benzene rings is 1. The quantitative estimate of drug-likeness (QED) is 0.811. The molecule has 0 aliphatic heterocycles. The number of aryl methyl sites for hydroxylation is 1. The van der Waals surface area contributed by atoms with E-state index in [1.807, 2.05) is 39.0 Å². The predicted octanol–water partition coefficient (Wildman–Crippen LogP) is 3.41. The van der Waals surface area contributed by atoms with E-state index in [2.05, 4.69) is 5.32 Å². The lowest BCUT2D eigenvalue weighted by Gasteiger charge is -2.28. The highest BCUT2D eigenvalue weighted by Crippen LogP contribution is 2.26. The highest BCUT2D eigenvalue weighted by molar-refractivity contribution is 5.91.